The van der Waals surface area contributed by atoms with Gasteiger partial charge in [0, 0.05) is 21.9 Å². The van der Waals surface area contributed by atoms with Gasteiger partial charge < -0.3 is 0 Å². The second-order valence-electron chi connectivity index (χ2n) is 14.5. The molecule has 5 aliphatic rings. The zero-order chi connectivity index (χ0) is 30.6. The van der Waals surface area contributed by atoms with Gasteiger partial charge in [-0.3, -0.25) is 29.0 Å². The summed E-state index contributed by atoms with van der Waals surface area (Å²) in [5.41, 5.74) is 0.222. The lowest BCUT2D eigenvalue weighted by atomic mass is 9.34. The van der Waals surface area contributed by atoms with E-state index in [2.05, 4.69) is 24.3 Å². The van der Waals surface area contributed by atoms with Crippen LogP contribution in [0.2, 0.25) is 0 Å². The number of carbonyl (C=O) groups excluding carboxylic acids is 4. The maximum Gasteiger partial charge on any atom is 0.234 e. The van der Waals surface area contributed by atoms with E-state index in [0.29, 0.717) is 12.8 Å². The molecule has 220 valence electrons. The van der Waals surface area contributed by atoms with Crippen LogP contribution in [0.25, 0.3) is 11.1 Å². The summed E-state index contributed by atoms with van der Waals surface area (Å²) in [5, 5.41) is 0. The molecule has 2 bridgehead atoms. The van der Waals surface area contributed by atoms with E-state index in [0.717, 1.165) is 22.3 Å². The van der Waals surface area contributed by atoms with Crippen LogP contribution in [0.15, 0.2) is 60.7 Å². The SMILES string of the molecule is CCC12C(c3ccccc3)=C(c3ccccc3)C(CC)([C@@H]3C(=O)N(C(C)(C)C)C(=O)[C@H]31)[C@H]1C(=O)N(C(C)(C)C)C(=O)[C@@H]12. The van der Waals surface area contributed by atoms with Gasteiger partial charge in [-0.15, -0.1) is 0 Å². The lowest BCUT2D eigenvalue weighted by molar-refractivity contribution is -0.156. The third-order valence-corrected chi connectivity index (χ3v) is 10.6. The van der Waals surface area contributed by atoms with Crippen molar-refractivity contribution in [2.45, 2.75) is 79.3 Å². The first kappa shape index (κ1) is 28.6. The van der Waals surface area contributed by atoms with Crippen LogP contribution in [0.5, 0.6) is 0 Å². The standard InChI is InChI=1S/C36H42N2O4/c1-9-35-23(21-17-13-11-14-18-21)24(22-19-15-12-16-20-22)36(10-2,27-25(35)29(39)37(31(27)41)33(3,4)5)28-26(35)30(40)38(32(28)42)34(6,7)8/h11-20,25-28H,9-10H2,1-8H3/t25-,26+,27-,28+,35?,36?. The predicted molar refractivity (Wildman–Crippen MR) is 162 cm³/mol. The number of nitrogens with zero attached hydrogens (tertiary/aromatic N) is 2. The number of carbonyl (C=O) groups is 4. The van der Waals surface area contributed by atoms with Crippen molar-refractivity contribution in [1.29, 1.82) is 0 Å². The summed E-state index contributed by atoms with van der Waals surface area (Å²) in [4.78, 5) is 61.9. The van der Waals surface area contributed by atoms with Gasteiger partial charge >= 0.3 is 0 Å². The van der Waals surface area contributed by atoms with Crippen molar-refractivity contribution >= 4 is 34.8 Å². The molecule has 2 aliphatic heterocycles. The van der Waals surface area contributed by atoms with Gasteiger partial charge in [0.05, 0.1) is 23.7 Å². The monoisotopic (exact) mass is 566 g/mol. The van der Waals surface area contributed by atoms with Gasteiger partial charge in [-0.1, -0.05) is 74.5 Å². The highest BCUT2D eigenvalue weighted by atomic mass is 16.2. The van der Waals surface area contributed by atoms with Crippen LogP contribution in [-0.4, -0.2) is 44.5 Å². The summed E-state index contributed by atoms with van der Waals surface area (Å²) in [6.45, 7) is 15.4. The van der Waals surface area contributed by atoms with Crippen molar-refractivity contribution in [1.82, 2.24) is 9.80 Å². The minimum Gasteiger partial charge on any atom is -0.277 e. The Morgan fingerprint density at radius 2 is 0.786 bits per heavy atom. The summed E-state index contributed by atoms with van der Waals surface area (Å²) >= 11 is 0. The number of benzene rings is 2. The first-order valence-electron chi connectivity index (χ1n) is 15.3. The van der Waals surface area contributed by atoms with Crippen LogP contribution in [-0.2, 0) is 19.2 Å². The Morgan fingerprint density at radius 3 is 1.00 bits per heavy atom. The van der Waals surface area contributed by atoms with Gasteiger partial charge in [0.15, 0.2) is 0 Å². The van der Waals surface area contributed by atoms with Crippen LogP contribution in [0.3, 0.4) is 0 Å². The van der Waals surface area contributed by atoms with Crippen molar-refractivity contribution in [3.63, 3.8) is 0 Å². The normalized spacial score (nSPS) is 32.7. The van der Waals surface area contributed by atoms with Gasteiger partial charge in [0.25, 0.3) is 0 Å². The molecule has 2 saturated heterocycles. The smallest absolute Gasteiger partial charge is 0.234 e. The minimum atomic E-state index is -1.04. The molecule has 0 radical (unpaired) electrons. The van der Waals surface area contributed by atoms with E-state index >= 15 is 0 Å². The van der Waals surface area contributed by atoms with Gasteiger partial charge in [0.1, 0.15) is 0 Å². The molecule has 6 heteroatoms. The Bertz CT molecular complexity index is 1370. The summed E-state index contributed by atoms with van der Waals surface area (Å²) in [5.74, 6) is -3.83. The van der Waals surface area contributed by atoms with E-state index in [1.54, 1.807) is 0 Å². The van der Waals surface area contributed by atoms with E-state index in [9.17, 15) is 19.2 Å². The third kappa shape index (κ3) is 3.27. The number of hydrogen-bond donors (Lipinski definition) is 0. The van der Waals surface area contributed by atoms with Crippen molar-refractivity contribution in [3.05, 3.63) is 71.8 Å². The molecule has 6 nitrogen and oxygen atoms in total. The zero-order valence-corrected chi connectivity index (χ0v) is 26.0. The molecule has 2 aromatic rings. The Labute approximate surface area is 249 Å². The number of allylic oxidation sites excluding steroid dienone is 2. The van der Waals surface area contributed by atoms with Crippen molar-refractivity contribution in [3.8, 4) is 0 Å². The first-order valence-corrected chi connectivity index (χ1v) is 15.3. The molecule has 4 amide bonds. The molecular formula is C36H42N2O4. The Balaban J connectivity index is 1.83. The molecule has 3 fully saturated rings. The Hall–Kier alpha value is -3.54. The molecule has 2 unspecified atom stereocenters. The lowest BCUT2D eigenvalue weighted by Crippen LogP contribution is -2.65. The fourth-order valence-corrected chi connectivity index (χ4v) is 9.48. The molecule has 2 aromatic carbocycles. The molecule has 7 rings (SSSR count). The van der Waals surface area contributed by atoms with Gasteiger partial charge in [-0.25, -0.2) is 0 Å². The largest absolute Gasteiger partial charge is 0.277 e. The van der Waals surface area contributed by atoms with Crippen LogP contribution in [0.4, 0.5) is 0 Å². The fourth-order valence-electron chi connectivity index (χ4n) is 9.48. The lowest BCUT2D eigenvalue weighted by Gasteiger charge is -2.64. The van der Waals surface area contributed by atoms with Crippen LogP contribution < -0.4 is 0 Å². The zero-order valence-electron chi connectivity index (χ0n) is 26.0. The van der Waals surface area contributed by atoms with Crippen LogP contribution in [0.1, 0.15) is 79.4 Å². The number of imide groups is 2. The average molecular weight is 567 g/mol. The summed E-state index contributed by atoms with van der Waals surface area (Å²) < 4.78 is 0. The second-order valence-corrected chi connectivity index (χ2v) is 14.5. The minimum absolute atomic E-state index is 0.217. The molecule has 2 heterocycles. The van der Waals surface area contributed by atoms with E-state index in [1.807, 2.05) is 91.8 Å². The molecule has 3 aliphatic carbocycles. The molecular weight excluding hydrogens is 524 g/mol. The van der Waals surface area contributed by atoms with Crippen molar-refractivity contribution in [2.24, 2.45) is 34.5 Å². The number of hydrogen-bond acceptors (Lipinski definition) is 4. The molecule has 0 N–H and O–H groups in total. The number of amides is 4. The van der Waals surface area contributed by atoms with E-state index in [1.165, 1.54) is 9.80 Å². The molecule has 0 spiro atoms. The Kier molecular flexibility index (Phi) is 6.11. The summed E-state index contributed by atoms with van der Waals surface area (Å²) in [7, 11) is 0. The van der Waals surface area contributed by atoms with Crippen LogP contribution >= 0.6 is 0 Å². The fraction of sp³-hybridized carbons (Fsp3) is 0.500. The molecule has 0 aromatic heterocycles. The van der Waals surface area contributed by atoms with E-state index in [4.69, 9.17) is 0 Å². The van der Waals surface area contributed by atoms with E-state index in [-0.39, 0.29) is 23.6 Å². The summed E-state index contributed by atoms with van der Waals surface area (Å²) in [6, 6.07) is 20.1. The van der Waals surface area contributed by atoms with Gasteiger partial charge in [-0.2, -0.15) is 0 Å². The van der Waals surface area contributed by atoms with E-state index < -0.39 is 45.6 Å². The number of rotatable bonds is 4. The topological polar surface area (TPSA) is 74.8 Å². The summed E-state index contributed by atoms with van der Waals surface area (Å²) in [6.07, 6.45) is 0.896. The predicted octanol–water partition coefficient (Wildman–Crippen LogP) is 6.22. The quantitative estimate of drug-likeness (QED) is 0.412. The number of likely N-dealkylation sites (tertiary alicyclic amines) is 2. The van der Waals surface area contributed by atoms with Crippen molar-refractivity contribution < 1.29 is 19.2 Å². The molecule has 42 heavy (non-hydrogen) atoms. The maximum absolute atomic E-state index is 14.8. The molecule has 6 atom stereocenters. The second kappa shape index (κ2) is 8.98. The molecule has 1 saturated carbocycles. The highest BCUT2D eigenvalue weighted by molar-refractivity contribution is 6.19. The highest BCUT2D eigenvalue weighted by Gasteiger charge is 2.82. The maximum atomic E-state index is 14.8. The van der Waals surface area contributed by atoms with Crippen molar-refractivity contribution in [2.75, 3.05) is 0 Å². The Morgan fingerprint density at radius 1 is 0.524 bits per heavy atom. The van der Waals surface area contributed by atoms with Gasteiger partial charge in [-0.05, 0) is 76.7 Å². The first-order chi connectivity index (χ1) is 19.7. The van der Waals surface area contributed by atoms with Crippen LogP contribution in [0, 0.1) is 34.5 Å². The average Bonchev–Trinajstić information content (AvgIpc) is 3.40. The highest BCUT2D eigenvalue weighted by Crippen LogP contribution is 2.78. The third-order valence-electron chi connectivity index (χ3n) is 10.6. The van der Waals surface area contributed by atoms with Gasteiger partial charge in [0.2, 0.25) is 23.6 Å².